The summed E-state index contributed by atoms with van der Waals surface area (Å²) in [5.41, 5.74) is 0.489. The molecular formula is C20H32ClN5O3. The van der Waals surface area contributed by atoms with E-state index in [0.717, 1.165) is 30.9 Å². The van der Waals surface area contributed by atoms with Crippen LogP contribution in [0.25, 0.3) is 0 Å². The van der Waals surface area contributed by atoms with Crippen LogP contribution in [0.1, 0.15) is 27.2 Å². The van der Waals surface area contributed by atoms with E-state index in [9.17, 15) is 4.79 Å². The second-order valence-corrected chi connectivity index (χ2v) is 8.26. The zero-order chi connectivity index (χ0) is 21.4. The van der Waals surface area contributed by atoms with Gasteiger partial charge in [-0.15, -0.1) is 0 Å². The first-order chi connectivity index (χ1) is 13.7. The molecule has 8 nitrogen and oxygen atoms in total. The minimum absolute atomic E-state index is 0.240. The van der Waals surface area contributed by atoms with E-state index in [4.69, 9.17) is 21.1 Å². The third kappa shape index (κ3) is 7.53. The molecule has 1 atom stereocenters. The van der Waals surface area contributed by atoms with Gasteiger partial charge in [-0.2, -0.15) is 0 Å². The van der Waals surface area contributed by atoms with Crippen molar-refractivity contribution < 1.29 is 14.3 Å². The first-order valence-electron chi connectivity index (χ1n) is 9.74. The standard InChI is InChI=1S/C20H32ClN5O3/c1-20(2,3)29-19(27)24-10-9-23-18(22-4)25-15-8-11-26(13-15)16-12-14(21)6-7-17(16)28-5/h6-7,12,15H,8-11,13H2,1-5H3,(H,24,27)(H2,22,23,25). The van der Waals surface area contributed by atoms with E-state index in [2.05, 4.69) is 25.8 Å². The van der Waals surface area contributed by atoms with E-state index in [0.29, 0.717) is 24.1 Å². The molecule has 1 amide bonds. The van der Waals surface area contributed by atoms with E-state index in [1.165, 1.54) is 0 Å². The molecular weight excluding hydrogens is 394 g/mol. The lowest BCUT2D eigenvalue weighted by molar-refractivity contribution is 0.0529. The molecule has 1 heterocycles. The summed E-state index contributed by atoms with van der Waals surface area (Å²) in [6, 6.07) is 5.88. The molecule has 1 aliphatic rings. The number of aliphatic imine (C=N–C) groups is 1. The quantitative estimate of drug-likeness (QED) is 0.369. The lowest BCUT2D eigenvalue weighted by Crippen LogP contribution is -2.46. The zero-order valence-electron chi connectivity index (χ0n) is 17.8. The summed E-state index contributed by atoms with van der Waals surface area (Å²) < 4.78 is 10.7. The average Bonchev–Trinajstić information content (AvgIpc) is 3.11. The third-order valence-electron chi connectivity index (χ3n) is 4.32. The molecule has 1 aliphatic heterocycles. The van der Waals surface area contributed by atoms with Gasteiger partial charge >= 0.3 is 6.09 Å². The number of carbonyl (C=O) groups is 1. The Balaban J connectivity index is 1.78. The molecule has 0 saturated carbocycles. The number of hydrogen-bond donors (Lipinski definition) is 3. The van der Waals surface area contributed by atoms with Gasteiger partial charge in [0.25, 0.3) is 0 Å². The highest BCUT2D eigenvalue weighted by molar-refractivity contribution is 6.30. The number of ether oxygens (including phenoxy) is 2. The van der Waals surface area contributed by atoms with Gasteiger partial charge in [0.05, 0.1) is 12.8 Å². The number of nitrogens with one attached hydrogen (secondary N) is 3. The van der Waals surface area contributed by atoms with Crippen molar-refractivity contribution in [3.05, 3.63) is 23.2 Å². The lowest BCUT2D eigenvalue weighted by atomic mass is 10.2. The van der Waals surface area contributed by atoms with Gasteiger partial charge in [0.15, 0.2) is 5.96 Å². The Hall–Kier alpha value is -2.35. The van der Waals surface area contributed by atoms with Gasteiger partial charge < -0.3 is 30.3 Å². The van der Waals surface area contributed by atoms with Crippen LogP contribution in [-0.4, -0.2) is 64.0 Å². The fourth-order valence-corrected chi connectivity index (χ4v) is 3.22. The van der Waals surface area contributed by atoms with Crippen molar-refractivity contribution in [2.24, 2.45) is 4.99 Å². The SMILES string of the molecule is CN=C(NCCNC(=O)OC(C)(C)C)NC1CCN(c2cc(Cl)ccc2OC)C1. The van der Waals surface area contributed by atoms with Crippen molar-refractivity contribution in [2.45, 2.75) is 38.8 Å². The summed E-state index contributed by atoms with van der Waals surface area (Å²) in [6.07, 6.45) is 0.538. The molecule has 1 aromatic carbocycles. The van der Waals surface area contributed by atoms with Gasteiger partial charge in [0.2, 0.25) is 0 Å². The van der Waals surface area contributed by atoms with Crippen molar-refractivity contribution in [1.82, 2.24) is 16.0 Å². The van der Waals surface area contributed by atoms with Crippen LogP contribution in [-0.2, 0) is 4.74 Å². The fraction of sp³-hybridized carbons (Fsp3) is 0.600. The number of methoxy groups -OCH3 is 1. The molecule has 1 aromatic rings. The minimum atomic E-state index is -0.505. The Labute approximate surface area is 178 Å². The second-order valence-electron chi connectivity index (χ2n) is 7.82. The zero-order valence-corrected chi connectivity index (χ0v) is 18.6. The van der Waals surface area contributed by atoms with Crippen molar-refractivity contribution in [1.29, 1.82) is 0 Å². The summed E-state index contributed by atoms with van der Waals surface area (Å²) in [5, 5.41) is 10.0. The fourth-order valence-electron chi connectivity index (χ4n) is 3.05. The van der Waals surface area contributed by atoms with E-state index in [1.807, 2.05) is 39.0 Å². The van der Waals surface area contributed by atoms with Crippen LogP contribution in [0.15, 0.2) is 23.2 Å². The van der Waals surface area contributed by atoms with E-state index >= 15 is 0 Å². The number of halogens is 1. The number of hydrogen-bond acceptors (Lipinski definition) is 5. The van der Waals surface area contributed by atoms with Crippen LogP contribution in [0.5, 0.6) is 5.75 Å². The van der Waals surface area contributed by atoms with E-state index in [-0.39, 0.29) is 6.04 Å². The number of benzene rings is 1. The highest BCUT2D eigenvalue weighted by Gasteiger charge is 2.25. The number of amides is 1. The topological polar surface area (TPSA) is 87.2 Å². The highest BCUT2D eigenvalue weighted by atomic mass is 35.5. The maximum atomic E-state index is 11.7. The number of nitrogens with zero attached hydrogens (tertiary/aromatic N) is 2. The van der Waals surface area contributed by atoms with Gasteiger partial charge in [-0.1, -0.05) is 11.6 Å². The predicted octanol–water partition coefficient (Wildman–Crippen LogP) is 2.62. The molecule has 1 fully saturated rings. The molecule has 2 rings (SSSR count). The molecule has 9 heteroatoms. The van der Waals surface area contributed by atoms with Crippen LogP contribution < -0.4 is 25.6 Å². The number of anilines is 1. The normalized spacial score (nSPS) is 17.1. The van der Waals surface area contributed by atoms with Crippen molar-refractivity contribution in [3.63, 3.8) is 0 Å². The number of rotatable bonds is 6. The summed E-state index contributed by atoms with van der Waals surface area (Å²) in [5.74, 6) is 1.51. The Bertz CT molecular complexity index is 721. The summed E-state index contributed by atoms with van der Waals surface area (Å²) in [4.78, 5) is 18.2. The number of carbonyl (C=O) groups excluding carboxylic acids is 1. The average molecular weight is 426 g/mol. The van der Waals surface area contributed by atoms with Gasteiger partial charge in [0.1, 0.15) is 11.4 Å². The van der Waals surface area contributed by atoms with Crippen LogP contribution in [0.2, 0.25) is 5.02 Å². The molecule has 1 unspecified atom stereocenters. The summed E-state index contributed by atoms with van der Waals surface area (Å²) in [7, 11) is 3.39. The van der Waals surface area contributed by atoms with Crippen LogP contribution >= 0.6 is 11.6 Å². The number of guanidine groups is 1. The molecule has 0 aromatic heterocycles. The maximum absolute atomic E-state index is 11.7. The van der Waals surface area contributed by atoms with Gasteiger partial charge in [-0.25, -0.2) is 4.79 Å². The molecule has 1 saturated heterocycles. The molecule has 0 bridgehead atoms. The van der Waals surface area contributed by atoms with Crippen molar-refractivity contribution >= 4 is 29.3 Å². The molecule has 3 N–H and O–H groups in total. The third-order valence-corrected chi connectivity index (χ3v) is 4.56. The lowest BCUT2D eigenvalue weighted by Gasteiger charge is -2.22. The molecule has 0 spiro atoms. The Morgan fingerprint density at radius 3 is 2.69 bits per heavy atom. The first kappa shape index (κ1) is 22.9. The van der Waals surface area contributed by atoms with Crippen LogP contribution in [0.4, 0.5) is 10.5 Å². The van der Waals surface area contributed by atoms with E-state index < -0.39 is 11.7 Å². The molecule has 0 radical (unpaired) electrons. The van der Waals surface area contributed by atoms with E-state index in [1.54, 1.807) is 14.2 Å². The summed E-state index contributed by atoms with van der Waals surface area (Å²) in [6.45, 7) is 8.18. The van der Waals surface area contributed by atoms with Gasteiger partial charge in [0, 0.05) is 44.3 Å². The van der Waals surface area contributed by atoms with Crippen LogP contribution in [0, 0.1) is 0 Å². The van der Waals surface area contributed by atoms with Crippen molar-refractivity contribution in [2.75, 3.05) is 45.2 Å². The largest absolute Gasteiger partial charge is 0.495 e. The molecule has 0 aliphatic carbocycles. The first-order valence-corrected chi connectivity index (χ1v) is 10.1. The molecule has 162 valence electrons. The van der Waals surface area contributed by atoms with Gasteiger partial charge in [-0.3, -0.25) is 4.99 Å². The smallest absolute Gasteiger partial charge is 0.407 e. The Morgan fingerprint density at radius 2 is 2.03 bits per heavy atom. The summed E-state index contributed by atoms with van der Waals surface area (Å²) >= 11 is 6.16. The predicted molar refractivity (Wildman–Crippen MR) is 117 cm³/mol. The molecule has 29 heavy (non-hydrogen) atoms. The monoisotopic (exact) mass is 425 g/mol. The second kappa shape index (κ2) is 10.4. The Morgan fingerprint density at radius 1 is 1.31 bits per heavy atom. The maximum Gasteiger partial charge on any atom is 0.407 e. The number of alkyl carbamates (subject to hydrolysis) is 1. The van der Waals surface area contributed by atoms with Gasteiger partial charge in [-0.05, 0) is 45.4 Å². The minimum Gasteiger partial charge on any atom is -0.495 e. The van der Waals surface area contributed by atoms with Crippen LogP contribution in [0.3, 0.4) is 0 Å². The Kier molecular flexibility index (Phi) is 8.25. The highest BCUT2D eigenvalue weighted by Crippen LogP contribution is 2.33. The van der Waals surface area contributed by atoms with Crippen molar-refractivity contribution in [3.8, 4) is 5.75 Å².